The second-order valence-corrected chi connectivity index (χ2v) is 10.2. The number of carboxylic acid groups (broad SMARTS) is 1. The highest BCUT2D eigenvalue weighted by Crippen LogP contribution is 2.31. The van der Waals surface area contributed by atoms with Crippen LogP contribution in [0.4, 0.5) is 5.69 Å². The average molecular weight is 668 g/mol. The van der Waals surface area contributed by atoms with Gasteiger partial charge in [0, 0.05) is 38.5 Å². The van der Waals surface area contributed by atoms with Crippen LogP contribution in [-0.4, -0.2) is 131 Å². The van der Waals surface area contributed by atoms with Gasteiger partial charge in [0.05, 0.1) is 38.7 Å². The zero-order valence-electron chi connectivity index (χ0n) is 25.4. The van der Waals surface area contributed by atoms with E-state index >= 15 is 0 Å². The lowest BCUT2D eigenvalue weighted by molar-refractivity contribution is -0.271. The van der Waals surface area contributed by atoms with Crippen LogP contribution >= 0.6 is 0 Å². The van der Waals surface area contributed by atoms with Gasteiger partial charge in [0.15, 0.2) is 6.10 Å². The maximum Gasteiger partial charge on any atom is 0.335 e. The van der Waals surface area contributed by atoms with Crippen LogP contribution in [0, 0.1) is 0 Å². The van der Waals surface area contributed by atoms with E-state index in [1.807, 2.05) is 0 Å². The molecule has 1 aromatic carbocycles. The molecule has 0 aliphatic carbocycles. The first-order valence-electron chi connectivity index (χ1n) is 14.5. The van der Waals surface area contributed by atoms with Gasteiger partial charge in [-0.1, -0.05) is 6.07 Å². The number of nitrogens with zero attached hydrogens (tertiary/aromatic N) is 1. The van der Waals surface area contributed by atoms with Crippen LogP contribution in [0.5, 0.6) is 5.75 Å². The Kier molecular flexibility index (Phi) is 14.2. The number of carboxylic acids is 1. The number of esters is 1. The van der Waals surface area contributed by atoms with Crippen LogP contribution in [0.3, 0.4) is 0 Å². The highest BCUT2D eigenvalue weighted by molar-refractivity contribution is 6.12. The van der Waals surface area contributed by atoms with Gasteiger partial charge in [-0.05, 0) is 17.7 Å². The number of hydrogen-bond donors (Lipinski definition) is 6. The van der Waals surface area contributed by atoms with Crippen LogP contribution < -0.4 is 15.4 Å². The largest absolute Gasteiger partial charge is 0.479 e. The summed E-state index contributed by atoms with van der Waals surface area (Å²) in [5.74, 6) is -4.03. The van der Waals surface area contributed by atoms with E-state index in [-0.39, 0.29) is 76.3 Å². The molecule has 2 aliphatic heterocycles. The minimum atomic E-state index is -1.93. The van der Waals surface area contributed by atoms with E-state index in [1.54, 1.807) is 0 Å². The van der Waals surface area contributed by atoms with E-state index in [0.29, 0.717) is 5.56 Å². The van der Waals surface area contributed by atoms with Gasteiger partial charge in [-0.15, -0.1) is 0 Å². The fourth-order valence-corrected chi connectivity index (χ4v) is 4.24. The average Bonchev–Trinajstić information content (AvgIpc) is 3.34. The van der Waals surface area contributed by atoms with Crippen molar-refractivity contribution >= 4 is 41.3 Å². The molecule has 3 rings (SSSR count). The van der Waals surface area contributed by atoms with Crippen LogP contribution in [0.1, 0.15) is 25.3 Å². The number of ether oxygens (including phenoxy) is 5. The molecule has 1 aromatic rings. The molecule has 1 fully saturated rings. The Hall–Kier alpha value is -4.46. The first kappa shape index (κ1) is 37.0. The Bertz CT molecular complexity index is 1320. The summed E-state index contributed by atoms with van der Waals surface area (Å²) in [5, 5.41) is 44.7. The second-order valence-electron chi connectivity index (χ2n) is 10.2. The Balaban J connectivity index is 1.43. The smallest absolute Gasteiger partial charge is 0.335 e. The number of carbonyl (C=O) groups is 6. The van der Waals surface area contributed by atoms with Crippen LogP contribution in [0.2, 0.25) is 0 Å². The van der Waals surface area contributed by atoms with Crippen LogP contribution in [0.25, 0.3) is 0 Å². The summed E-state index contributed by atoms with van der Waals surface area (Å²) in [6, 6.07) is 4.19. The van der Waals surface area contributed by atoms with Crippen molar-refractivity contribution in [2.75, 3.05) is 44.8 Å². The molecule has 6 N–H and O–H groups in total. The van der Waals surface area contributed by atoms with E-state index in [4.69, 9.17) is 23.7 Å². The third kappa shape index (κ3) is 11.4. The number of nitrogens with one attached hydrogen (secondary N) is 2. The Labute approximate surface area is 268 Å². The highest BCUT2D eigenvalue weighted by Gasteiger charge is 2.48. The fraction of sp³-hybridized carbons (Fsp3) is 0.517. The number of hydrogen-bond acceptors (Lipinski definition) is 14. The molecule has 0 unspecified atom stereocenters. The second kappa shape index (κ2) is 18.0. The Morgan fingerprint density at radius 1 is 0.894 bits per heavy atom. The first-order chi connectivity index (χ1) is 22.4. The number of aliphatic hydroxyl groups excluding tert-OH is 3. The lowest BCUT2D eigenvalue weighted by atomic mass is 9.99. The fourth-order valence-electron chi connectivity index (χ4n) is 4.24. The summed E-state index contributed by atoms with van der Waals surface area (Å²) in [7, 11) is 0. The van der Waals surface area contributed by atoms with E-state index < -0.39 is 60.4 Å². The van der Waals surface area contributed by atoms with Gasteiger partial charge < -0.3 is 54.7 Å². The van der Waals surface area contributed by atoms with Gasteiger partial charge in [-0.2, -0.15) is 0 Å². The maximum absolute atomic E-state index is 12.7. The molecule has 2 heterocycles. The minimum Gasteiger partial charge on any atom is -0.479 e. The summed E-state index contributed by atoms with van der Waals surface area (Å²) >= 11 is 0. The summed E-state index contributed by atoms with van der Waals surface area (Å²) in [6.07, 6.45) is -7.17. The van der Waals surface area contributed by atoms with Gasteiger partial charge in [-0.25, -0.2) is 4.79 Å². The molecule has 1 saturated heterocycles. The molecule has 0 radical (unpaired) electrons. The van der Waals surface area contributed by atoms with E-state index in [9.17, 15) is 49.2 Å². The van der Waals surface area contributed by atoms with Crippen molar-refractivity contribution in [3.8, 4) is 5.75 Å². The van der Waals surface area contributed by atoms with Gasteiger partial charge in [0.1, 0.15) is 30.7 Å². The molecule has 0 spiro atoms. The molecule has 47 heavy (non-hydrogen) atoms. The topological polar surface area (TPSA) is 257 Å². The molecule has 18 nitrogen and oxygen atoms in total. The van der Waals surface area contributed by atoms with Crippen LogP contribution in [-0.2, 0) is 54.3 Å². The quantitative estimate of drug-likeness (QED) is 0.0552. The van der Waals surface area contributed by atoms with Crippen molar-refractivity contribution in [2.24, 2.45) is 0 Å². The van der Waals surface area contributed by atoms with Gasteiger partial charge >= 0.3 is 11.9 Å². The molecule has 0 aromatic heterocycles. The van der Waals surface area contributed by atoms with Crippen molar-refractivity contribution in [2.45, 2.75) is 57.1 Å². The molecule has 18 heteroatoms. The minimum absolute atomic E-state index is 0.00184. The standard InChI is InChI=1S/C29H37N3O15/c1-16(33)45-15-17-2-3-19(46-29-26(40)24(38)25(39)27(47-29)28(41)42)18(14-17)31-21(35)6-8-30-20(34)7-10-43-12-13-44-11-9-32-22(36)4-5-23(32)37/h2-5,14,24-27,29,38-40H,6-13,15H2,1H3,(H,30,34)(H,31,35)(H,41,42)/t24-,25-,26+,27-,29+/m0/s1. The molecule has 258 valence electrons. The predicted octanol–water partition coefficient (Wildman–Crippen LogP) is -2.19. The number of aliphatic hydroxyl groups is 3. The van der Waals surface area contributed by atoms with E-state index in [2.05, 4.69) is 10.6 Å². The van der Waals surface area contributed by atoms with Crippen molar-refractivity contribution in [3.63, 3.8) is 0 Å². The van der Waals surface area contributed by atoms with E-state index in [1.165, 1.54) is 37.3 Å². The SMILES string of the molecule is CC(=O)OCc1ccc(O[C@@H]2O[C@H](C(=O)O)[C@@H](O)[C@H](O)[C@H]2O)c(NC(=O)CCNC(=O)CCOCCOCCN2C(=O)C=CC2=O)c1. The van der Waals surface area contributed by atoms with Gasteiger partial charge in [0.2, 0.25) is 18.1 Å². The molecule has 5 atom stereocenters. The summed E-state index contributed by atoms with van der Waals surface area (Å²) in [5.41, 5.74) is 0.444. The molecule has 4 amide bonds. The number of aliphatic carboxylic acids is 1. The molecular formula is C29H37N3O15. The molecule has 0 saturated carbocycles. The molecule has 2 aliphatic rings. The van der Waals surface area contributed by atoms with Crippen molar-refractivity contribution in [1.29, 1.82) is 0 Å². The van der Waals surface area contributed by atoms with Crippen molar-refractivity contribution in [3.05, 3.63) is 35.9 Å². The van der Waals surface area contributed by atoms with Crippen LogP contribution in [0.15, 0.2) is 30.4 Å². The number of rotatable bonds is 18. The van der Waals surface area contributed by atoms with Gasteiger partial charge in [-0.3, -0.25) is 28.9 Å². The summed E-state index contributed by atoms with van der Waals surface area (Å²) in [6.45, 7) is 1.71. The van der Waals surface area contributed by atoms with Gasteiger partial charge in [0.25, 0.3) is 11.8 Å². The third-order valence-electron chi connectivity index (χ3n) is 6.70. The monoisotopic (exact) mass is 667 g/mol. The number of anilines is 1. The molecular weight excluding hydrogens is 630 g/mol. The number of imide groups is 1. The van der Waals surface area contributed by atoms with Crippen molar-refractivity contribution < 1.29 is 72.9 Å². The lowest BCUT2D eigenvalue weighted by Gasteiger charge is -2.38. The van der Waals surface area contributed by atoms with Crippen molar-refractivity contribution in [1.82, 2.24) is 10.2 Å². The maximum atomic E-state index is 12.7. The third-order valence-corrected chi connectivity index (χ3v) is 6.70. The summed E-state index contributed by atoms with van der Waals surface area (Å²) < 4.78 is 26.3. The normalized spacial score (nSPS) is 22.2. The lowest BCUT2D eigenvalue weighted by Crippen LogP contribution is -2.61. The zero-order valence-corrected chi connectivity index (χ0v) is 25.4. The Morgan fingerprint density at radius 2 is 1.57 bits per heavy atom. The number of carbonyl (C=O) groups excluding carboxylic acids is 5. The predicted molar refractivity (Wildman–Crippen MR) is 155 cm³/mol. The summed E-state index contributed by atoms with van der Waals surface area (Å²) in [4.78, 5) is 71.4. The highest BCUT2D eigenvalue weighted by atomic mass is 16.7. The first-order valence-corrected chi connectivity index (χ1v) is 14.5. The van der Waals surface area contributed by atoms with E-state index in [0.717, 1.165) is 4.90 Å². The number of amides is 4. The number of benzene rings is 1. The zero-order chi connectivity index (χ0) is 34.5. The molecule has 0 bridgehead atoms. The Morgan fingerprint density at radius 3 is 2.23 bits per heavy atom.